The summed E-state index contributed by atoms with van der Waals surface area (Å²) in [6, 6.07) is 0. The van der Waals surface area contributed by atoms with Gasteiger partial charge in [-0.25, -0.2) is 0 Å². The highest BCUT2D eigenvalue weighted by molar-refractivity contribution is 5.80. The zero-order chi connectivity index (χ0) is 39.4. The minimum atomic E-state index is -1.01. The monoisotopic (exact) mass is 764 g/mol. The standard InChI is InChI=1S/C48H93NO5/c1-3-5-7-9-11-13-14-15-16-17-18-19-20-21-22-23-24-25-26-28-30-35-39-43-48(53)54-45(40-36-32-29-27-12-10-8-6-4-2)41-37-33-31-34-38-42-46(50)49-44-47(51)52/h45H,3-44H2,1-2H3,(H,49,50)(H,51,52). The SMILES string of the molecule is CCCCCCCCCCCCCCCCCCCCCCCCCC(=O)OC(CCCCCCCCCCC)CCCCCCCC(=O)NCC(=O)O. The molecule has 1 unspecified atom stereocenters. The fourth-order valence-electron chi connectivity index (χ4n) is 7.70. The van der Waals surface area contributed by atoms with Gasteiger partial charge in [0.1, 0.15) is 12.6 Å². The summed E-state index contributed by atoms with van der Waals surface area (Å²) in [5.74, 6) is -1.21. The normalized spacial score (nSPS) is 11.9. The van der Waals surface area contributed by atoms with Crippen LogP contribution >= 0.6 is 0 Å². The van der Waals surface area contributed by atoms with E-state index in [4.69, 9.17) is 9.84 Å². The first-order valence-electron chi connectivity index (χ1n) is 24.2. The number of hydrogen-bond acceptors (Lipinski definition) is 4. The molecule has 0 aromatic rings. The van der Waals surface area contributed by atoms with Gasteiger partial charge in [-0.15, -0.1) is 0 Å². The molecule has 0 rings (SSSR count). The Bertz CT molecular complexity index is 802. The second kappa shape index (κ2) is 44.1. The summed E-state index contributed by atoms with van der Waals surface area (Å²) in [7, 11) is 0. The number of aliphatic carboxylic acids is 1. The molecule has 6 heteroatoms. The van der Waals surface area contributed by atoms with Gasteiger partial charge in [0, 0.05) is 12.8 Å². The van der Waals surface area contributed by atoms with Crippen LogP contribution in [0.1, 0.15) is 277 Å². The highest BCUT2D eigenvalue weighted by atomic mass is 16.5. The molecule has 0 spiro atoms. The molecule has 0 saturated heterocycles. The lowest BCUT2D eigenvalue weighted by Crippen LogP contribution is -2.28. The summed E-state index contributed by atoms with van der Waals surface area (Å²) in [5, 5.41) is 11.1. The predicted octanol–water partition coefficient (Wildman–Crippen LogP) is 15.1. The van der Waals surface area contributed by atoms with E-state index in [1.807, 2.05) is 0 Å². The Kier molecular flexibility index (Phi) is 42.8. The van der Waals surface area contributed by atoms with Crippen molar-refractivity contribution >= 4 is 17.8 Å². The van der Waals surface area contributed by atoms with Crippen molar-refractivity contribution in [2.75, 3.05) is 6.54 Å². The van der Waals surface area contributed by atoms with Gasteiger partial charge < -0.3 is 15.2 Å². The average molecular weight is 764 g/mol. The highest BCUT2D eigenvalue weighted by Crippen LogP contribution is 2.20. The quantitative estimate of drug-likeness (QED) is 0.0476. The number of hydrogen-bond donors (Lipinski definition) is 2. The Morgan fingerprint density at radius 3 is 1.00 bits per heavy atom. The maximum atomic E-state index is 12.8. The van der Waals surface area contributed by atoms with Crippen LogP contribution in [-0.2, 0) is 19.1 Å². The van der Waals surface area contributed by atoms with E-state index in [1.165, 1.54) is 186 Å². The molecule has 0 heterocycles. The lowest BCUT2D eigenvalue weighted by Gasteiger charge is -2.18. The van der Waals surface area contributed by atoms with Crippen molar-refractivity contribution in [3.8, 4) is 0 Å². The van der Waals surface area contributed by atoms with Gasteiger partial charge in [-0.2, -0.15) is 0 Å². The molecule has 0 fully saturated rings. The van der Waals surface area contributed by atoms with Crippen LogP contribution in [0.2, 0.25) is 0 Å². The largest absolute Gasteiger partial charge is 0.480 e. The van der Waals surface area contributed by atoms with E-state index in [0.717, 1.165) is 64.2 Å². The molecule has 0 aliphatic heterocycles. The van der Waals surface area contributed by atoms with E-state index in [-0.39, 0.29) is 24.5 Å². The molecule has 0 bridgehead atoms. The zero-order valence-corrected chi connectivity index (χ0v) is 36.4. The first-order valence-corrected chi connectivity index (χ1v) is 24.2. The summed E-state index contributed by atoms with van der Waals surface area (Å²) >= 11 is 0. The molecule has 320 valence electrons. The minimum Gasteiger partial charge on any atom is -0.480 e. The van der Waals surface area contributed by atoms with E-state index in [2.05, 4.69) is 19.2 Å². The molecular formula is C48H93NO5. The molecular weight excluding hydrogens is 671 g/mol. The number of amides is 1. The fourth-order valence-corrected chi connectivity index (χ4v) is 7.70. The van der Waals surface area contributed by atoms with Crippen molar-refractivity contribution in [1.29, 1.82) is 0 Å². The maximum Gasteiger partial charge on any atom is 0.322 e. The van der Waals surface area contributed by atoms with Gasteiger partial charge in [-0.3, -0.25) is 14.4 Å². The first-order chi connectivity index (χ1) is 26.5. The fraction of sp³-hybridized carbons (Fsp3) is 0.938. The van der Waals surface area contributed by atoms with Gasteiger partial charge in [0.05, 0.1) is 0 Å². The molecule has 0 radical (unpaired) electrons. The van der Waals surface area contributed by atoms with Crippen molar-refractivity contribution in [3.63, 3.8) is 0 Å². The van der Waals surface area contributed by atoms with E-state index in [1.54, 1.807) is 0 Å². The second-order valence-corrected chi connectivity index (χ2v) is 16.7. The smallest absolute Gasteiger partial charge is 0.322 e. The number of ether oxygens (including phenoxy) is 1. The van der Waals surface area contributed by atoms with Crippen LogP contribution in [0.4, 0.5) is 0 Å². The summed E-state index contributed by atoms with van der Waals surface area (Å²) in [5.41, 5.74) is 0. The Labute approximate surface area is 336 Å². The lowest BCUT2D eigenvalue weighted by atomic mass is 10.0. The van der Waals surface area contributed by atoms with Gasteiger partial charge in [-0.05, 0) is 38.5 Å². The highest BCUT2D eigenvalue weighted by Gasteiger charge is 2.14. The third-order valence-electron chi connectivity index (χ3n) is 11.3. The van der Waals surface area contributed by atoms with Crippen LogP contribution in [0, 0.1) is 0 Å². The van der Waals surface area contributed by atoms with Crippen molar-refractivity contribution in [3.05, 3.63) is 0 Å². The third-order valence-corrected chi connectivity index (χ3v) is 11.3. The summed E-state index contributed by atoms with van der Waals surface area (Å²) in [6.45, 7) is 4.25. The van der Waals surface area contributed by atoms with Crippen LogP contribution < -0.4 is 5.32 Å². The van der Waals surface area contributed by atoms with E-state index < -0.39 is 5.97 Å². The van der Waals surface area contributed by atoms with E-state index >= 15 is 0 Å². The average Bonchev–Trinajstić information content (AvgIpc) is 3.16. The Morgan fingerprint density at radius 2 is 0.685 bits per heavy atom. The molecule has 0 aromatic carbocycles. The summed E-state index contributed by atoms with van der Waals surface area (Å²) in [4.78, 5) is 35.0. The van der Waals surface area contributed by atoms with Crippen molar-refractivity contribution < 1.29 is 24.2 Å². The molecule has 1 atom stereocenters. The summed E-state index contributed by atoms with van der Waals surface area (Å²) < 4.78 is 6.04. The second-order valence-electron chi connectivity index (χ2n) is 16.7. The number of carboxylic acids is 1. The van der Waals surface area contributed by atoms with Gasteiger partial charge in [0.25, 0.3) is 0 Å². The van der Waals surface area contributed by atoms with Crippen LogP contribution in [-0.4, -0.2) is 35.6 Å². The number of nitrogens with one attached hydrogen (secondary N) is 1. The molecule has 1 amide bonds. The number of rotatable bonds is 45. The molecule has 6 nitrogen and oxygen atoms in total. The zero-order valence-electron chi connectivity index (χ0n) is 36.4. The minimum absolute atomic E-state index is 0.00760. The van der Waals surface area contributed by atoms with Crippen LogP contribution in [0.3, 0.4) is 0 Å². The van der Waals surface area contributed by atoms with Crippen LogP contribution in [0.5, 0.6) is 0 Å². The first kappa shape index (κ1) is 52.4. The number of esters is 1. The van der Waals surface area contributed by atoms with E-state index in [0.29, 0.717) is 12.8 Å². The number of carbonyl (C=O) groups is 3. The van der Waals surface area contributed by atoms with Crippen molar-refractivity contribution in [2.45, 2.75) is 283 Å². The molecule has 2 N–H and O–H groups in total. The Balaban J connectivity index is 3.88. The Morgan fingerprint density at radius 1 is 0.407 bits per heavy atom. The van der Waals surface area contributed by atoms with Crippen molar-refractivity contribution in [1.82, 2.24) is 5.32 Å². The molecule has 0 saturated carbocycles. The van der Waals surface area contributed by atoms with Gasteiger partial charge >= 0.3 is 11.9 Å². The number of carboxylic acid groups (broad SMARTS) is 1. The van der Waals surface area contributed by atoms with Crippen molar-refractivity contribution in [2.24, 2.45) is 0 Å². The molecule has 0 aromatic heterocycles. The maximum absolute atomic E-state index is 12.8. The molecule has 54 heavy (non-hydrogen) atoms. The predicted molar refractivity (Wildman–Crippen MR) is 231 cm³/mol. The Hall–Kier alpha value is -1.59. The third kappa shape index (κ3) is 43.1. The number of carbonyl (C=O) groups excluding carboxylic acids is 2. The van der Waals surface area contributed by atoms with Gasteiger partial charge in [0.15, 0.2) is 0 Å². The number of unbranched alkanes of at least 4 members (excludes halogenated alkanes) is 34. The summed E-state index contributed by atoms with van der Waals surface area (Å²) in [6.07, 6.45) is 51.1. The lowest BCUT2D eigenvalue weighted by molar-refractivity contribution is -0.150. The topological polar surface area (TPSA) is 92.7 Å². The van der Waals surface area contributed by atoms with Gasteiger partial charge in [0.2, 0.25) is 5.91 Å². The van der Waals surface area contributed by atoms with Crippen LogP contribution in [0.25, 0.3) is 0 Å². The molecule has 0 aliphatic rings. The van der Waals surface area contributed by atoms with Crippen LogP contribution in [0.15, 0.2) is 0 Å². The van der Waals surface area contributed by atoms with Gasteiger partial charge in [-0.1, -0.05) is 226 Å². The van der Waals surface area contributed by atoms with E-state index in [9.17, 15) is 14.4 Å². The molecule has 0 aliphatic carbocycles.